The topological polar surface area (TPSA) is 38.7 Å². The van der Waals surface area contributed by atoms with E-state index in [9.17, 15) is 0 Å². The van der Waals surface area contributed by atoms with Crippen LogP contribution in [0.3, 0.4) is 0 Å². The molecule has 0 fully saturated rings. The van der Waals surface area contributed by atoms with Crippen LogP contribution in [-0.2, 0) is 0 Å². The normalized spacial score (nSPS) is 18.7. The zero-order chi connectivity index (χ0) is 11.5. The van der Waals surface area contributed by atoms with Crippen LogP contribution in [0.2, 0.25) is 0 Å². The highest BCUT2D eigenvalue weighted by molar-refractivity contribution is 5.76. The fourth-order valence-corrected chi connectivity index (χ4v) is 1.92. The van der Waals surface area contributed by atoms with Crippen molar-refractivity contribution in [2.45, 2.75) is 6.42 Å². The Morgan fingerprint density at radius 3 is 2.62 bits per heavy atom. The Morgan fingerprint density at radius 2 is 2.06 bits per heavy atom. The monoisotopic (exact) mass is 220 g/mol. The molecule has 1 aliphatic carbocycles. The minimum Gasteiger partial charge on any atom is -0.497 e. The van der Waals surface area contributed by atoms with Gasteiger partial charge in [-0.15, -0.1) is 0 Å². The molecule has 86 valence electrons. The number of ether oxygens (including phenoxy) is 2. The van der Waals surface area contributed by atoms with Crippen LogP contribution < -0.4 is 9.47 Å². The quantitative estimate of drug-likeness (QED) is 0.844. The molecule has 1 aromatic carbocycles. The van der Waals surface area contributed by atoms with E-state index in [1.54, 1.807) is 14.2 Å². The van der Waals surface area contributed by atoms with Gasteiger partial charge in [0.2, 0.25) is 0 Å². The molecule has 16 heavy (non-hydrogen) atoms. The van der Waals surface area contributed by atoms with E-state index in [0.717, 1.165) is 23.5 Å². The van der Waals surface area contributed by atoms with Gasteiger partial charge in [0.1, 0.15) is 11.5 Å². The van der Waals surface area contributed by atoms with Gasteiger partial charge in [-0.25, -0.2) is 0 Å². The molecule has 0 amide bonds. The third kappa shape index (κ3) is 1.91. The number of methoxy groups -OCH3 is 2. The molecule has 3 heteroatoms. The zero-order valence-corrected chi connectivity index (χ0v) is 9.56. The van der Waals surface area contributed by atoms with Crippen LogP contribution in [0.25, 0.3) is 5.57 Å². The lowest BCUT2D eigenvalue weighted by atomic mass is 9.82. The Bertz CT molecular complexity index is 410. The number of allylic oxidation sites excluding steroid dienone is 1. The fourth-order valence-electron chi connectivity index (χ4n) is 1.92. The molecule has 0 bridgehead atoms. The third-order valence-corrected chi connectivity index (χ3v) is 2.91. The maximum absolute atomic E-state index is 8.98. The van der Waals surface area contributed by atoms with E-state index in [2.05, 4.69) is 6.08 Å². The molecule has 0 spiro atoms. The molecule has 0 aromatic heterocycles. The van der Waals surface area contributed by atoms with Crippen molar-refractivity contribution in [1.82, 2.24) is 0 Å². The summed E-state index contributed by atoms with van der Waals surface area (Å²) in [6.45, 7) is 0.218. The Hall–Kier alpha value is -1.48. The Kier molecular flexibility index (Phi) is 3.15. The summed E-state index contributed by atoms with van der Waals surface area (Å²) < 4.78 is 10.5. The van der Waals surface area contributed by atoms with E-state index in [4.69, 9.17) is 14.6 Å². The molecule has 3 nitrogen and oxygen atoms in total. The highest BCUT2D eigenvalue weighted by Gasteiger charge is 2.22. The summed E-state index contributed by atoms with van der Waals surface area (Å²) >= 11 is 0. The number of aliphatic hydroxyl groups is 1. The summed E-state index contributed by atoms with van der Waals surface area (Å²) in [7, 11) is 3.31. The molecule has 1 atom stereocenters. The molecule has 2 rings (SSSR count). The standard InChI is InChI=1S/C13H16O3/c1-15-11-3-4-13(16-2)12(7-11)10-5-9(6-10)8-14/h3-5,7,9,14H,6,8H2,1-2H3. The predicted molar refractivity (Wildman–Crippen MR) is 62.7 cm³/mol. The fraction of sp³-hybridized carbons (Fsp3) is 0.385. The van der Waals surface area contributed by atoms with Crippen molar-refractivity contribution in [2.75, 3.05) is 20.8 Å². The number of hydrogen-bond donors (Lipinski definition) is 1. The first kappa shape index (κ1) is 11.0. The molecule has 0 saturated carbocycles. The molecule has 1 aromatic rings. The van der Waals surface area contributed by atoms with Gasteiger partial charge in [0.15, 0.2) is 0 Å². The first-order valence-electron chi connectivity index (χ1n) is 5.32. The Balaban J connectivity index is 2.31. The van der Waals surface area contributed by atoms with Crippen molar-refractivity contribution in [3.05, 3.63) is 29.8 Å². The molecule has 0 heterocycles. The van der Waals surface area contributed by atoms with Gasteiger partial charge in [0.25, 0.3) is 0 Å². The molecule has 1 N–H and O–H groups in total. The molecular formula is C13H16O3. The number of rotatable bonds is 4. The van der Waals surface area contributed by atoms with Crippen molar-refractivity contribution in [3.63, 3.8) is 0 Å². The van der Waals surface area contributed by atoms with Crippen molar-refractivity contribution in [3.8, 4) is 11.5 Å². The Morgan fingerprint density at radius 1 is 1.31 bits per heavy atom. The van der Waals surface area contributed by atoms with E-state index >= 15 is 0 Å². The zero-order valence-electron chi connectivity index (χ0n) is 9.56. The third-order valence-electron chi connectivity index (χ3n) is 2.91. The van der Waals surface area contributed by atoms with E-state index < -0.39 is 0 Å². The molecule has 0 saturated heterocycles. The predicted octanol–water partition coefficient (Wildman–Crippen LogP) is 2.10. The SMILES string of the molecule is COc1ccc(OC)c(C2=CC(CO)C2)c1. The second-order valence-corrected chi connectivity index (χ2v) is 3.90. The van der Waals surface area contributed by atoms with E-state index in [1.807, 2.05) is 18.2 Å². The lowest BCUT2D eigenvalue weighted by Gasteiger charge is -2.25. The molecule has 0 radical (unpaired) electrons. The Labute approximate surface area is 95.3 Å². The lowest BCUT2D eigenvalue weighted by molar-refractivity contribution is 0.247. The number of hydrogen-bond acceptors (Lipinski definition) is 3. The molecular weight excluding hydrogens is 204 g/mol. The lowest BCUT2D eigenvalue weighted by Crippen LogP contribution is -2.13. The van der Waals surface area contributed by atoms with Crippen LogP contribution in [0.1, 0.15) is 12.0 Å². The smallest absolute Gasteiger partial charge is 0.126 e. The van der Waals surface area contributed by atoms with Crippen LogP contribution in [0.15, 0.2) is 24.3 Å². The summed E-state index contributed by atoms with van der Waals surface area (Å²) in [5, 5.41) is 8.98. The van der Waals surface area contributed by atoms with Gasteiger partial charge in [-0.1, -0.05) is 6.08 Å². The highest BCUT2D eigenvalue weighted by atomic mass is 16.5. The van der Waals surface area contributed by atoms with Crippen molar-refractivity contribution in [2.24, 2.45) is 5.92 Å². The molecule has 1 aliphatic rings. The second kappa shape index (κ2) is 4.58. The van der Waals surface area contributed by atoms with Gasteiger partial charge in [-0.2, -0.15) is 0 Å². The van der Waals surface area contributed by atoms with Gasteiger partial charge >= 0.3 is 0 Å². The highest BCUT2D eigenvalue weighted by Crippen LogP contribution is 2.39. The van der Waals surface area contributed by atoms with Gasteiger partial charge in [-0.05, 0) is 30.2 Å². The number of benzene rings is 1. The summed E-state index contributed by atoms with van der Waals surface area (Å²) in [6.07, 6.45) is 2.98. The summed E-state index contributed by atoms with van der Waals surface area (Å²) in [4.78, 5) is 0. The molecule has 1 unspecified atom stereocenters. The second-order valence-electron chi connectivity index (χ2n) is 3.90. The maximum Gasteiger partial charge on any atom is 0.126 e. The summed E-state index contributed by atoms with van der Waals surface area (Å²) in [5.74, 6) is 1.97. The van der Waals surface area contributed by atoms with E-state index in [0.29, 0.717) is 5.92 Å². The largest absolute Gasteiger partial charge is 0.497 e. The van der Waals surface area contributed by atoms with Gasteiger partial charge < -0.3 is 14.6 Å². The van der Waals surface area contributed by atoms with Crippen LogP contribution >= 0.6 is 0 Å². The van der Waals surface area contributed by atoms with Crippen molar-refractivity contribution in [1.29, 1.82) is 0 Å². The average molecular weight is 220 g/mol. The van der Waals surface area contributed by atoms with E-state index in [1.165, 1.54) is 5.57 Å². The van der Waals surface area contributed by atoms with Crippen molar-refractivity contribution < 1.29 is 14.6 Å². The average Bonchev–Trinajstić information content (AvgIpc) is 2.27. The van der Waals surface area contributed by atoms with Crippen LogP contribution in [0.5, 0.6) is 11.5 Å². The maximum atomic E-state index is 8.98. The van der Waals surface area contributed by atoms with Gasteiger partial charge in [0.05, 0.1) is 14.2 Å². The van der Waals surface area contributed by atoms with Crippen molar-refractivity contribution >= 4 is 5.57 Å². The van der Waals surface area contributed by atoms with Crippen LogP contribution in [0.4, 0.5) is 0 Å². The summed E-state index contributed by atoms with van der Waals surface area (Å²) in [6, 6.07) is 5.75. The van der Waals surface area contributed by atoms with E-state index in [-0.39, 0.29) is 6.61 Å². The van der Waals surface area contributed by atoms with Gasteiger partial charge in [0, 0.05) is 18.1 Å². The van der Waals surface area contributed by atoms with Gasteiger partial charge in [-0.3, -0.25) is 0 Å². The minimum absolute atomic E-state index is 0.218. The number of aliphatic hydroxyl groups excluding tert-OH is 1. The first-order valence-corrected chi connectivity index (χ1v) is 5.32. The molecule has 0 aliphatic heterocycles. The minimum atomic E-state index is 0.218. The first-order chi connectivity index (χ1) is 7.78. The van der Waals surface area contributed by atoms with Crippen LogP contribution in [0, 0.1) is 5.92 Å². The van der Waals surface area contributed by atoms with Crippen LogP contribution in [-0.4, -0.2) is 25.9 Å². The summed E-state index contributed by atoms with van der Waals surface area (Å²) in [5.41, 5.74) is 2.28.